The van der Waals surface area contributed by atoms with Gasteiger partial charge in [0.2, 0.25) is 0 Å². The third kappa shape index (κ3) is 4.87. The minimum absolute atomic E-state index is 0.226. The highest BCUT2D eigenvalue weighted by molar-refractivity contribution is 6.31. The molecule has 2 atom stereocenters. The van der Waals surface area contributed by atoms with Crippen LogP contribution in [0, 0.1) is 5.41 Å². The van der Waals surface area contributed by atoms with Crippen molar-refractivity contribution in [1.82, 2.24) is 9.78 Å². The number of aryl methyl sites for hydroxylation is 1. The minimum Gasteiger partial charge on any atom is -0.466 e. The van der Waals surface area contributed by atoms with Crippen LogP contribution in [-0.2, 0) is 26.7 Å². The summed E-state index contributed by atoms with van der Waals surface area (Å²) in [5, 5.41) is 7.91. The summed E-state index contributed by atoms with van der Waals surface area (Å²) in [6, 6.07) is 17.4. The number of halogens is 1. The molecule has 2 aliphatic carbocycles. The van der Waals surface area contributed by atoms with Crippen LogP contribution in [-0.4, -0.2) is 28.4 Å². The van der Waals surface area contributed by atoms with Crippen molar-refractivity contribution in [3.05, 3.63) is 101 Å². The third-order valence-corrected chi connectivity index (χ3v) is 8.18. The molecule has 8 heteroatoms. The summed E-state index contributed by atoms with van der Waals surface area (Å²) in [6.45, 7) is 3.89. The van der Waals surface area contributed by atoms with Crippen molar-refractivity contribution >= 4 is 35.1 Å². The number of rotatable bonds is 8. The van der Waals surface area contributed by atoms with Gasteiger partial charge < -0.3 is 9.47 Å². The molecule has 0 radical (unpaired) electrons. The Kier molecular flexibility index (Phi) is 7.36. The zero-order chi connectivity index (χ0) is 27.6. The predicted octanol–water partition coefficient (Wildman–Crippen LogP) is 7.01. The van der Waals surface area contributed by atoms with Crippen LogP contribution in [0.15, 0.2) is 79.0 Å². The van der Waals surface area contributed by atoms with Crippen LogP contribution in [0.3, 0.4) is 0 Å². The molecule has 7 nitrogen and oxygen atoms in total. The SMILES string of the molecule is CCOC(=O)C1(C2(c3cnn(C)c3NC(=O)OC(C)c3ccccc3Cl)C=CC(c3ccccc3)=CC2)CC1. The van der Waals surface area contributed by atoms with Crippen molar-refractivity contribution in [2.24, 2.45) is 12.5 Å². The first-order valence-corrected chi connectivity index (χ1v) is 13.6. The lowest BCUT2D eigenvalue weighted by Gasteiger charge is -2.39. The predicted molar refractivity (Wildman–Crippen MR) is 151 cm³/mol. The number of benzene rings is 2. The normalized spacial score (nSPS) is 20.1. The molecule has 0 bridgehead atoms. The van der Waals surface area contributed by atoms with Crippen molar-refractivity contribution in [3.8, 4) is 0 Å². The number of nitrogens with one attached hydrogen (secondary N) is 1. The first-order chi connectivity index (χ1) is 18.8. The molecule has 1 heterocycles. The van der Waals surface area contributed by atoms with Gasteiger partial charge >= 0.3 is 12.1 Å². The summed E-state index contributed by atoms with van der Waals surface area (Å²) in [5.41, 5.74) is 2.15. The maximum absolute atomic E-state index is 13.4. The Hall–Kier alpha value is -3.84. The molecule has 5 rings (SSSR count). The maximum Gasteiger partial charge on any atom is 0.413 e. The highest BCUT2D eigenvalue weighted by Crippen LogP contribution is 2.64. The van der Waals surface area contributed by atoms with Crippen LogP contribution >= 0.6 is 11.6 Å². The molecule has 1 aromatic heterocycles. The van der Waals surface area contributed by atoms with Gasteiger partial charge in [0.15, 0.2) is 0 Å². The molecule has 1 amide bonds. The topological polar surface area (TPSA) is 82.5 Å². The van der Waals surface area contributed by atoms with Crippen LogP contribution < -0.4 is 5.32 Å². The number of anilines is 1. The molecule has 1 fully saturated rings. The number of hydrogen-bond acceptors (Lipinski definition) is 5. The Balaban J connectivity index is 1.48. The Labute approximate surface area is 233 Å². The van der Waals surface area contributed by atoms with E-state index in [0.29, 0.717) is 42.3 Å². The number of carbonyl (C=O) groups excluding carboxylic acids is 2. The summed E-state index contributed by atoms with van der Waals surface area (Å²) in [7, 11) is 1.76. The number of carbonyl (C=O) groups is 2. The highest BCUT2D eigenvalue weighted by Gasteiger charge is 2.65. The zero-order valence-electron chi connectivity index (χ0n) is 22.3. The number of ether oxygens (including phenoxy) is 2. The van der Waals surface area contributed by atoms with Gasteiger partial charge in [-0.2, -0.15) is 5.10 Å². The lowest BCUT2D eigenvalue weighted by Crippen LogP contribution is -2.42. The highest BCUT2D eigenvalue weighted by atomic mass is 35.5. The Bertz CT molecular complexity index is 1440. The Morgan fingerprint density at radius 2 is 1.85 bits per heavy atom. The van der Waals surface area contributed by atoms with E-state index in [4.69, 9.17) is 21.1 Å². The molecule has 3 aromatic rings. The van der Waals surface area contributed by atoms with Gasteiger partial charge in [-0.25, -0.2) is 4.79 Å². The molecule has 1 saturated carbocycles. The van der Waals surface area contributed by atoms with E-state index in [1.165, 1.54) is 0 Å². The van der Waals surface area contributed by atoms with Gasteiger partial charge in [-0.1, -0.05) is 78.4 Å². The first kappa shape index (κ1) is 26.8. The quantitative estimate of drug-likeness (QED) is 0.308. The number of esters is 1. The Morgan fingerprint density at radius 1 is 1.13 bits per heavy atom. The van der Waals surface area contributed by atoms with Crippen LogP contribution in [0.5, 0.6) is 0 Å². The molecular weight excluding hydrogens is 514 g/mol. The van der Waals surface area contributed by atoms with E-state index in [-0.39, 0.29) is 5.97 Å². The second-order valence-electron chi connectivity index (χ2n) is 10.1. The largest absolute Gasteiger partial charge is 0.466 e. The van der Waals surface area contributed by atoms with Crippen LogP contribution in [0.4, 0.5) is 10.6 Å². The molecule has 39 heavy (non-hydrogen) atoms. The molecule has 2 aliphatic rings. The fraction of sp³-hybridized carbons (Fsp3) is 0.323. The fourth-order valence-corrected chi connectivity index (χ4v) is 5.88. The third-order valence-electron chi connectivity index (χ3n) is 7.84. The van der Waals surface area contributed by atoms with Crippen molar-refractivity contribution in [3.63, 3.8) is 0 Å². The van der Waals surface area contributed by atoms with Gasteiger partial charge in [-0.05, 0) is 50.3 Å². The van der Waals surface area contributed by atoms with Gasteiger partial charge in [0.05, 0.1) is 18.2 Å². The maximum atomic E-state index is 13.4. The number of amides is 1. The van der Waals surface area contributed by atoms with Crippen molar-refractivity contribution in [2.75, 3.05) is 11.9 Å². The first-order valence-electron chi connectivity index (χ1n) is 13.2. The van der Waals surface area contributed by atoms with E-state index in [2.05, 4.69) is 40.8 Å². The molecule has 0 aliphatic heterocycles. The van der Waals surface area contributed by atoms with Crippen molar-refractivity contribution in [2.45, 2.75) is 44.6 Å². The van der Waals surface area contributed by atoms with Crippen LogP contribution in [0.2, 0.25) is 5.02 Å². The van der Waals surface area contributed by atoms with Crippen molar-refractivity contribution < 1.29 is 19.1 Å². The smallest absolute Gasteiger partial charge is 0.413 e. The van der Waals surface area contributed by atoms with E-state index in [1.54, 1.807) is 30.9 Å². The molecule has 2 unspecified atom stereocenters. The molecule has 0 saturated heterocycles. The van der Waals surface area contributed by atoms with E-state index in [0.717, 1.165) is 16.7 Å². The average Bonchev–Trinajstić information content (AvgIpc) is 3.69. The van der Waals surface area contributed by atoms with Gasteiger partial charge in [-0.15, -0.1) is 0 Å². The summed E-state index contributed by atoms with van der Waals surface area (Å²) in [4.78, 5) is 26.5. The second-order valence-corrected chi connectivity index (χ2v) is 10.5. The summed E-state index contributed by atoms with van der Waals surface area (Å²) in [5.74, 6) is 0.249. The van der Waals surface area contributed by atoms with E-state index in [1.807, 2.05) is 43.3 Å². The average molecular weight is 546 g/mol. The molecule has 1 N–H and O–H groups in total. The lowest BCUT2D eigenvalue weighted by atomic mass is 9.63. The molecule has 2 aromatic carbocycles. The molecule has 0 spiro atoms. The van der Waals surface area contributed by atoms with E-state index in [9.17, 15) is 9.59 Å². The standard InChI is InChI=1S/C31H32ClN3O4/c1-4-38-28(36)31(18-19-31)30(16-14-23(15-17-30)22-10-6-5-7-11-22)25-20-33-35(3)27(25)34-29(37)39-21(2)24-12-8-9-13-26(24)32/h5-16,20-21H,4,17-19H2,1-3H3,(H,34,37). The van der Waals surface area contributed by atoms with Crippen LogP contribution in [0.25, 0.3) is 5.57 Å². The number of nitrogens with zero attached hydrogens (tertiary/aromatic N) is 2. The van der Waals surface area contributed by atoms with Gasteiger partial charge in [-0.3, -0.25) is 14.8 Å². The number of allylic oxidation sites excluding steroid dienone is 4. The van der Waals surface area contributed by atoms with E-state index >= 15 is 0 Å². The Morgan fingerprint density at radius 3 is 2.49 bits per heavy atom. The van der Waals surface area contributed by atoms with Crippen LogP contribution in [0.1, 0.15) is 55.9 Å². The number of aromatic nitrogens is 2. The minimum atomic E-state index is -0.747. The molecular formula is C31H32ClN3O4. The zero-order valence-corrected chi connectivity index (χ0v) is 23.1. The van der Waals surface area contributed by atoms with E-state index < -0.39 is 23.0 Å². The second kappa shape index (κ2) is 10.7. The monoisotopic (exact) mass is 545 g/mol. The molecule has 202 valence electrons. The fourth-order valence-electron chi connectivity index (χ4n) is 5.59. The van der Waals surface area contributed by atoms with Gasteiger partial charge in [0.25, 0.3) is 0 Å². The van der Waals surface area contributed by atoms with Gasteiger partial charge in [0.1, 0.15) is 11.9 Å². The summed E-state index contributed by atoms with van der Waals surface area (Å²) in [6.07, 6.45) is 8.78. The number of hydrogen-bond donors (Lipinski definition) is 1. The lowest BCUT2D eigenvalue weighted by molar-refractivity contribution is -0.152. The van der Waals surface area contributed by atoms with Crippen molar-refractivity contribution in [1.29, 1.82) is 0 Å². The summed E-state index contributed by atoms with van der Waals surface area (Å²) >= 11 is 6.30. The van der Waals surface area contributed by atoms with Gasteiger partial charge in [0, 0.05) is 28.6 Å². The summed E-state index contributed by atoms with van der Waals surface area (Å²) < 4.78 is 12.9.